The van der Waals surface area contributed by atoms with Crippen LogP contribution in [0.4, 0.5) is 0 Å². The molecule has 0 aliphatic carbocycles. The first-order chi connectivity index (χ1) is 12.3. The number of pyridine rings is 1. The number of guanidine groups is 1. The van der Waals surface area contributed by atoms with Gasteiger partial charge in [-0.05, 0) is 47.9 Å². The standard InChI is InChI=1S/C18H22N6S/c1-3-19-18(23-12-16-6-9-25-13-16)22-11-15-4-5-17(21-10-15)24-8-7-20-14(24)2/h4-10,13H,3,11-12H2,1-2H3,(H2,19,22,23). The molecule has 0 fully saturated rings. The van der Waals surface area contributed by atoms with Crippen molar-refractivity contribution in [3.63, 3.8) is 0 Å². The van der Waals surface area contributed by atoms with Crippen molar-refractivity contribution in [2.75, 3.05) is 6.54 Å². The second kappa shape index (κ2) is 8.43. The fourth-order valence-electron chi connectivity index (χ4n) is 2.36. The van der Waals surface area contributed by atoms with Gasteiger partial charge in [0.05, 0.1) is 6.54 Å². The summed E-state index contributed by atoms with van der Waals surface area (Å²) >= 11 is 1.69. The van der Waals surface area contributed by atoms with Gasteiger partial charge in [0.15, 0.2) is 5.96 Å². The van der Waals surface area contributed by atoms with E-state index in [1.165, 1.54) is 5.56 Å². The van der Waals surface area contributed by atoms with Gasteiger partial charge >= 0.3 is 0 Å². The van der Waals surface area contributed by atoms with Crippen LogP contribution in [0.15, 0.2) is 52.5 Å². The van der Waals surface area contributed by atoms with E-state index in [-0.39, 0.29) is 0 Å². The van der Waals surface area contributed by atoms with Crippen molar-refractivity contribution in [1.82, 2.24) is 25.2 Å². The summed E-state index contributed by atoms with van der Waals surface area (Å²) in [6.07, 6.45) is 5.57. The van der Waals surface area contributed by atoms with Crippen LogP contribution in [0.1, 0.15) is 23.9 Å². The molecule has 3 aromatic heterocycles. The minimum Gasteiger partial charge on any atom is -0.357 e. The fraction of sp³-hybridized carbons (Fsp3) is 0.278. The molecular weight excluding hydrogens is 332 g/mol. The van der Waals surface area contributed by atoms with Gasteiger partial charge in [0.25, 0.3) is 0 Å². The van der Waals surface area contributed by atoms with Crippen LogP contribution in [0.25, 0.3) is 5.82 Å². The predicted molar refractivity (Wildman–Crippen MR) is 102 cm³/mol. The third-order valence-electron chi connectivity index (χ3n) is 3.69. The number of nitrogens with zero attached hydrogens (tertiary/aromatic N) is 4. The Morgan fingerprint density at radius 3 is 2.76 bits per heavy atom. The molecule has 25 heavy (non-hydrogen) atoms. The lowest BCUT2D eigenvalue weighted by atomic mass is 10.3. The molecule has 3 heterocycles. The molecule has 0 radical (unpaired) electrons. The zero-order valence-electron chi connectivity index (χ0n) is 14.4. The summed E-state index contributed by atoms with van der Waals surface area (Å²) in [6.45, 7) is 6.20. The highest BCUT2D eigenvalue weighted by atomic mass is 32.1. The summed E-state index contributed by atoms with van der Waals surface area (Å²) < 4.78 is 1.96. The van der Waals surface area contributed by atoms with Gasteiger partial charge in [0.1, 0.15) is 11.6 Å². The lowest BCUT2D eigenvalue weighted by Gasteiger charge is -2.11. The van der Waals surface area contributed by atoms with Crippen LogP contribution >= 0.6 is 11.3 Å². The van der Waals surface area contributed by atoms with Crippen molar-refractivity contribution in [3.8, 4) is 5.82 Å². The van der Waals surface area contributed by atoms with E-state index in [9.17, 15) is 0 Å². The predicted octanol–water partition coefficient (Wildman–Crippen LogP) is 2.89. The third-order valence-corrected chi connectivity index (χ3v) is 4.42. The van der Waals surface area contributed by atoms with Gasteiger partial charge in [-0.2, -0.15) is 11.3 Å². The molecule has 130 valence electrons. The number of aliphatic imine (C=N–C) groups is 1. The molecule has 0 bridgehead atoms. The number of aryl methyl sites for hydroxylation is 1. The fourth-order valence-corrected chi connectivity index (χ4v) is 3.02. The Morgan fingerprint density at radius 1 is 1.20 bits per heavy atom. The molecule has 7 heteroatoms. The summed E-state index contributed by atoms with van der Waals surface area (Å²) in [7, 11) is 0. The van der Waals surface area contributed by atoms with E-state index in [1.807, 2.05) is 30.0 Å². The van der Waals surface area contributed by atoms with Crippen molar-refractivity contribution in [2.45, 2.75) is 26.9 Å². The van der Waals surface area contributed by atoms with Crippen LogP contribution in [0, 0.1) is 6.92 Å². The van der Waals surface area contributed by atoms with Gasteiger partial charge in [0.2, 0.25) is 0 Å². The smallest absolute Gasteiger partial charge is 0.191 e. The topological polar surface area (TPSA) is 67.1 Å². The molecular formula is C18H22N6S. The molecule has 0 amide bonds. The molecule has 0 saturated carbocycles. The molecule has 0 aliphatic rings. The highest BCUT2D eigenvalue weighted by molar-refractivity contribution is 7.07. The molecule has 3 rings (SSSR count). The van der Waals surface area contributed by atoms with Gasteiger partial charge in [-0.1, -0.05) is 6.07 Å². The molecule has 6 nitrogen and oxygen atoms in total. The molecule has 0 unspecified atom stereocenters. The third kappa shape index (κ3) is 4.67. The van der Waals surface area contributed by atoms with E-state index in [0.717, 1.165) is 29.7 Å². The first kappa shape index (κ1) is 17.2. The molecule has 0 aromatic carbocycles. The van der Waals surface area contributed by atoms with E-state index >= 15 is 0 Å². The molecule has 0 atom stereocenters. The van der Waals surface area contributed by atoms with Crippen LogP contribution in [0.2, 0.25) is 0 Å². The van der Waals surface area contributed by atoms with E-state index in [2.05, 4.69) is 55.4 Å². The highest BCUT2D eigenvalue weighted by Crippen LogP contribution is 2.09. The lowest BCUT2D eigenvalue weighted by Crippen LogP contribution is -2.36. The van der Waals surface area contributed by atoms with Gasteiger partial charge < -0.3 is 10.6 Å². The number of rotatable bonds is 6. The maximum absolute atomic E-state index is 4.61. The minimum absolute atomic E-state index is 0.672. The van der Waals surface area contributed by atoms with E-state index < -0.39 is 0 Å². The summed E-state index contributed by atoms with van der Waals surface area (Å²) in [5.41, 5.74) is 2.33. The monoisotopic (exact) mass is 354 g/mol. The van der Waals surface area contributed by atoms with Crippen molar-refractivity contribution in [1.29, 1.82) is 0 Å². The zero-order valence-corrected chi connectivity index (χ0v) is 15.3. The molecule has 2 N–H and O–H groups in total. The summed E-state index contributed by atoms with van der Waals surface area (Å²) in [5.74, 6) is 2.60. The Balaban J connectivity index is 1.60. The summed E-state index contributed by atoms with van der Waals surface area (Å²) in [4.78, 5) is 13.4. The average molecular weight is 354 g/mol. The van der Waals surface area contributed by atoms with E-state index in [4.69, 9.17) is 0 Å². The lowest BCUT2D eigenvalue weighted by molar-refractivity contribution is 0.811. The van der Waals surface area contributed by atoms with Gasteiger partial charge in [-0.25, -0.2) is 15.0 Å². The number of hydrogen-bond donors (Lipinski definition) is 2. The quantitative estimate of drug-likeness (QED) is 0.528. The molecule has 0 saturated heterocycles. The Kier molecular flexibility index (Phi) is 5.79. The van der Waals surface area contributed by atoms with Crippen LogP contribution < -0.4 is 10.6 Å². The first-order valence-corrected chi connectivity index (χ1v) is 9.19. The van der Waals surface area contributed by atoms with Gasteiger partial charge in [0, 0.05) is 31.7 Å². The van der Waals surface area contributed by atoms with Crippen LogP contribution in [0.5, 0.6) is 0 Å². The second-order valence-electron chi connectivity index (χ2n) is 5.55. The maximum atomic E-state index is 4.61. The summed E-state index contributed by atoms with van der Waals surface area (Å²) in [6, 6.07) is 6.16. The number of thiophene rings is 1. The number of imidazole rings is 1. The van der Waals surface area contributed by atoms with Crippen molar-refractivity contribution in [2.24, 2.45) is 4.99 Å². The van der Waals surface area contributed by atoms with E-state index in [1.54, 1.807) is 17.5 Å². The van der Waals surface area contributed by atoms with Crippen molar-refractivity contribution in [3.05, 3.63) is 64.5 Å². The van der Waals surface area contributed by atoms with Crippen LogP contribution in [-0.2, 0) is 13.1 Å². The van der Waals surface area contributed by atoms with Crippen molar-refractivity contribution < 1.29 is 0 Å². The first-order valence-electron chi connectivity index (χ1n) is 8.24. The number of hydrogen-bond acceptors (Lipinski definition) is 4. The Labute approximate surface area is 151 Å². The van der Waals surface area contributed by atoms with Crippen LogP contribution in [0.3, 0.4) is 0 Å². The van der Waals surface area contributed by atoms with Crippen LogP contribution in [-0.4, -0.2) is 27.0 Å². The molecule has 3 aromatic rings. The normalized spacial score (nSPS) is 11.5. The molecule has 0 aliphatic heterocycles. The highest BCUT2D eigenvalue weighted by Gasteiger charge is 2.03. The maximum Gasteiger partial charge on any atom is 0.191 e. The minimum atomic E-state index is 0.672. The summed E-state index contributed by atoms with van der Waals surface area (Å²) in [5, 5.41) is 10.8. The largest absolute Gasteiger partial charge is 0.357 e. The molecule has 0 spiro atoms. The van der Waals surface area contributed by atoms with Gasteiger partial charge in [-0.3, -0.25) is 4.57 Å². The Bertz CT molecular complexity index is 804. The van der Waals surface area contributed by atoms with Crippen molar-refractivity contribution >= 4 is 17.3 Å². The second-order valence-corrected chi connectivity index (χ2v) is 6.33. The number of nitrogens with one attached hydrogen (secondary N) is 2. The van der Waals surface area contributed by atoms with Gasteiger partial charge in [-0.15, -0.1) is 0 Å². The Morgan fingerprint density at radius 2 is 2.12 bits per heavy atom. The SMILES string of the molecule is CCNC(=NCc1ccsc1)NCc1ccc(-n2ccnc2C)nc1. The van der Waals surface area contributed by atoms with E-state index in [0.29, 0.717) is 13.1 Å². The zero-order chi connectivity index (χ0) is 17.5. The Hall–Kier alpha value is -2.67. The average Bonchev–Trinajstić information content (AvgIpc) is 3.29. The number of aromatic nitrogens is 3.